The molecule has 0 bridgehead atoms. The van der Waals surface area contributed by atoms with Crippen LogP contribution in [-0.4, -0.2) is 36.9 Å². The Balaban J connectivity index is 2.39. The molecule has 0 saturated carbocycles. The number of aromatic nitrogens is 1. The maximum Gasteiger partial charge on any atom is 0.426 e. The molecule has 0 saturated heterocycles. The molecule has 0 radical (unpaired) electrons. The largest absolute Gasteiger partial charge is 0.464 e. The molecule has 0 atom stereocenters. The number of hydrogen-bond acceptors (Lipinski definition) is 5. The van der Waals surface area contributed by atoms with Crippen molar-refractivity contribution in [2.75, 3.05) is 25.0 Å². The van der Waals surface area contributed by atoms with Crippen LogP contribution in [0.25, 0.3) is 0 Å². The molecule has 1 aromatic heterocycles. The van der Waals surface area contributed by atoms with E-state index in [4.69, 9.17) is 4.74 Å². The second-order valence-corrected chi connectivity index (χ2v) is 4.80. The number of aryl methyl sites for hydroxylation is 1. The summed E-state index contributed by atoms with van der Waals surface area (Å²) >= 11 is 0. The Labute approximate surface area is 138 Å². The Hall–Kier alpha value is -3.29. The predicted octanol–water partition coefficient (Wildman–Crippen LogP) is 2.15. The van der Waals surface area contributed by atoms with Gasteiger partial charge in [0.2, 0.25) is 0 Å². The zero-order valence-electron chi connectivity index (χ0n) is 13.5. The van der Waals surface area contributed by atoms with Gasteiger partial charge in [-0.25, -0.2) is 19.7 Å². The summed E-state index contributed by atoms with van der Waals surface area (Å²) in [7, 11) is 2.40. The third kappa shape index (κ3) is 3.54. The second kappa shape index (κ2) is 7.32. The van der Waals surface area contributed by atoms with Crippen LogP contribution in [0.4, 0.5) is 10.5 Å². The number of hydrogen-bond donors (Lipinski definition) is 2. The van der Waals surface area contributed by atoms with Gasteiger partial charge < -0.3 is 14.8 Å². The lowest BCUT2D eigenvalue weighted by molar-refractivity contribution is 0.0591. The van der Waals surface area contributed by atoms with Crippen LogP contribution in [0.15, 0.2) is 36.4 Å². The Morgan fingerprint density at radius 2 is 1.71 bits per heavy atom. The molecule has 0 aliphatic heterocycles. The highest BCUT2D eigenvalue weighted by Crippen LogP contribution is 2.22. The van der Waals surface area contributed by atoms with Crippen molar-refractivity contribution in [2.45, 2.75) is 6.92 Å². The van der Waals surface area contributed by atoms with Crippen molar-refractivity contribution in [1.29, 1.82) is 0 Å². The maximum atomic E-state index is 12.3. The molecule has 0 unspecified atom stereocenters. The lowest BCUT2D eigenvalue weighted by atomic mass is 10.2. The number of ether oxygens (including phenoxy) is 2. The van der Waals surface area contributed by atoms with E-state index in [0.717, 1.165) is 0 Å². The zero-order chi connectivity index (χ0) is 17.7. The maximum absolute atomic E-state index is 12.3. The summed E-state index contributed by atoms with van der Waals surface area (Å²) in [5.41, 5.74) is 3.50. The molecule has 8 heteroatoms. The molecule has 8 nitrogen and oxygen atoms in total. The first-order valence-corrected chi connectivity index (χ1v) is 7.00. The molecule has 0 spiro atoms. The molecule has 126 valence electrons. The number of methoxy groups -OCH3 is 2. The van der Waals surface area contributed by atoms with Gasteiger partial charge in [-0.2, -0.15) is 0 Å². The molecule has 2 aromatic rings. The summed E-state index contributed by atoms with van der Waals surface area (Å²) < 4.78 is 10.4. The van der Waals surface area contributed by atoms with Crippen molar-refractivity contribution in [3.05, 3.63) is 53.3 Å². The fourth-order valence-electron chi connectivity index (χ4n) is 2.10. The van der Waals surface area contributed by atoms with E-state index in [9.17, 15) is 14.4 Å². The number of amides is 2. The van der Waals surface area contributed by atoms with Crippen LogP contribution in [0, 0.1) is 6.92 Å². The SMILES string of the molecule is COC(=O)Nn1c(C)cc(NC(=O)c2ccccc2)c1C(=O)OC. The highest BCUT2D eigenvalue weighted by atomic mass is 16.5. The van der Waals surface area contributed by atoms with Gasteiger partial charge >= 0.3 is 12.1 Å². The minimum absolute atomic E-state index is 0.0234. The normalized spacial score (nSPS) is 9.96. The van der Waals surface area contributed by atoms with Crippen molar-refractivity contribution in [3.63, 3.8) is 0 Å². The number of carbonyl (C=O) groups is 3. The summed E-state index contributed by atoms with van der Waals surface area (Å²) in [6, 6.07) is 10.1. The minimum Gasteiger partial charge on any atom is -0.464 e. The first-order chi connectivity index (χ1) is 11.5. The summed E-state index contributed by atoms with van der Waals surface area (Å²) in [5.74, 6) is -1.11. The minimum atomic E-state index is -0.764. The van der Waals surface area contributed by atoms with Crippen LogP contribution >= 0.6 is 0 Å². The molecular weight excluding hydrogens is 314 g/mol. The van der Waals surface area contributed by atoms with Gasteiger partial charge in [0.05, 0.1) is 19.9 Å². The Kier molecular flexibility index (Phi) is 5.20. The molecule has 1 heterocycles. The first kappa shape index (κ1) is 17.1. The number of carbonyl (C=O) groups excluding carboxylic acids is 3. The van der Waals surface area contributed by atoms with Gasteiger partial charge in [-0.05, 0) is 25.1 Å². The summed E-state index contributed by atoms with van der Waals surface area (Å²) in [4.78, 5) is 35.8. The fraction of sp³-hybridized carbons (Fsp3) is 0.188. The molecule has 0 fully saturated rings. The van der Waals surface area contributed by atoms with Gasteiger partial charge in [-0.3, -0.25) is 4.79 Å². The number of esters is 1. The quantitative estimate of drug-likeness (QED) is 0.836. The molecular formula is C16H17N3O5. The smallest absolute Gasteiger partial charge is 0.426 e. The number of rotatable bonds is 4. The summed E-state index contributed by atoms with van der Waals surface area (Å²) in [6.45, 7) is 1.65. The lowest BCUT2D eigenvalue weighted by Gasteiger charge is -2.12. The van der Waals surface area contributed by atoms with Crippen molar-refractivity contribution >= 4 is 23.7 Å². The first-order valence-electron chi connectivity index (χ1n) is 7.00. The monoisotopic (exact) mass is 331 g/mol. The van der Waals surface area contributed by atoms with E-state index >= 15 is 0 Å². The van der Waals surface area contributed by atoms with E-state index < -0.39 is 18.0 Å². The number of nitrogens with one attached hydrogen (secondary N) is 2. The Morgan fingerprint density at radius 3 is 2.29 bits per heavy atom. The molecule has 0 aliphatic carbocycles. The predicted molar refractivity (Wildman–Crippen MR) is 86.7 cm³/mol. The van der Waals surface area contributed by atoms with E-state index in [1.807, 2.05) is 0 Å². The Morgan fingerprint density at radius 1 is 1.04 bits per heavy atom. The fourth-order valence-corrected chi connectivity index (χ4v) is 2.10. The van der Waals surface area contributed by atoms with Crippen LogP contribution in [0.1, 0.15) is 26.5 Å². The van der Waals surface area contributed by atoms with Crippen LogP contribution in [0.2, 0.25) is 0 Å². The Bertz CT molecular complexity index is 768. The van der Waals surface area contributed by atoms with E-state index in [2.05, 4.69) is 15.5 Å². The molecule has 0 aliphatic rings. The molecule has 24 heavy (non-hydrogen) atoms. The summed E-state index contributed by atoms with van der Waals surface area (Å²) in [6.07, 6.45) is -0.764. The average Bonchev–Trinajstić information content (AvgIpc) is 2.90. The topological polar surface area (TPSA) is 98.7 Å². The number of anilines is 1. The lowest BCUT2D eigenvalue weighted by Crippen LogP contribution is -2.28. The van der Waals surface area contributed by atoms with E-state index in [-0.39, 0.29) is 11.4 Å². The van der Waals surface area contributed by atoms with Gasteiger partial charge in [0.1, 0.15) is 0 Å². The zero-order valence-corrected chi connectivity index (χ0v) is 13.5. The molecule has 2 rings (SSSR count). The van der Waals surface area contributed by atoms with E-state index in [1.54, 1.807) is 43.3 Å². The standard InChI is InChI=1S/C16H17N3O5/c1-10-9-12(17-14(20)11-7-5-4-6-8-11)13(15(21)23-2)19(10)18-16(22)24-3/h4-9H,1-3H3,(H,17,20)(H,18,22). The molecule has 2 amide bonds. The highest BCUT2D eigenvalue weighted by Gasteiger charge is 2.23. The third-order valence-electron chi connectivity index (χ3n) is 3.24. The summed E-state index contributed by atoms with van der Waals surface area (Å²) in [5, 5.41) is 2.64. The van der Waals surface area contributed by atoms with Crippen LogP contribution < -0.4 is 10.7 Å². The van der Waals surface area contributed by atoms with Gasteiger partial charge in [-0.1, -0.05) is 18.2 Å². The van der Waals surface area contributed by atoms with Crippen molar-refractivity contribution in [1.82, 2.24) is 4.68 Å². The van der Waals surface area contributed by atoms with Crippen LogP contribution in [0.3, 0.4) is 0 Å². The number of nitrogens with zero attached hydrogens (tertiary/aromatic N) is 1. The van der Waals surface area contributed by atoms with Crippen LogP contribution in [0.5, 0.6) is 0 Å². The van der Waals surface area contributed by atoms with Gasteiger partial charge in [0.25, 0.3) is 5.91 Å². The van der Waals surface area contributed by atoms with Crippen molar-refractivity contribution in [3.8, 4) is 0 Å². The van der Waals surface area contributed by atoms with Crippen LogP contribution in [-0.2, 0) is 9.47 Å². The van der Waals surface area contributed by atoms with E-state index in [1.165, 1.54) is 18.9 Å². The van der Waals surface area contributed by atoms with Gasteiger partial charge in [0.15, 0.2) is 5.69 Å². The number of benzene rings is 1. The van der Waals surface area contributed by atoms with Gasteiger partial charge in [-0.15, -0.1) is 0 Å². The van der Waals surface area contributed by atoms with Crippen molar-refractivity contribution in [2.24, 2.45) is 0 Å². The van der Waals surface area contributed by atoms with Gasteiger partial charge in [0, 0.05) is 11.3 Å². The second-order valence-electron chi connectivity index (χ2n) is 4.80. The van der Waals surface area contributed by atoms with Crippen molar-refractivity contribution < 1.29 is 23.9 Å². The average molecular weight is 331 g/mol. The molecule has 1 aromatic carbocycles. The third-order valence-corrected chi connectivity index (χ3v) is 3.24. The van der Waals surface area contributed by atoms with E-state index in [0.29, 0.717) is 11.3 Å². The molecule has 2 N–H and O–H groups in total. The highest BCUT2D eigenvalue weighted by molar-refractivity contribution is 6.08.